The van der Waals surface area contributed by atoms with Gasteiger partial charge in [-0.3, -0.25) is 9.59 Å². The minimum Gasteiger partial charge on any atom is -0.480 e. The van der Waals surface area contributed by atoms with Gasteiger partial charge in [-0.05, 0) is 18.8 Å². The molecule has 0 bridgehead atoms. The first-order chi connectivity index (χ1) is 8.91. The summed E-state index contributed by atoms with van der Waals surface area (Å²) in [5, 5.41) is 11.8. The van der Waals surface area contributed by atoms with Gasteiger partial charge in [-0.2, -0.15) is 0 Å². The van der Waals surface area contributed by atoms with Crippen molar-refractivity contribution in [1.82, 2.24) is 10.2 Å². The lowest BCUT2D eigenvalue weighted by Crippen LogP contribution is -2.49. The molecular weight excluding hydrogens is 248 g/mol. The van der Waals surface area contributed by atoms with Crippen LogP contribution in [0.5, 0.6) is 0 Å². The number of carboxylic acid groups (broad SMARTS) is 1. The molecule has 0 aromatic heterocycles. The number of hydrogen-bond donors (Lipinski definition) is 2. The van der Waals surface area contributed by atoms with Gasteiger partial charge >= 0.3 is 5.97 Å². The molecule has 1 aliphatic carbocycles. The van der Waals surface area contributed by atoms with Crippen molar-refractivity contribution in [2.75, 3.05) is 13.6 Å². The summed E-state index contributed by atoms with van der Waals surface area (Å²) in [7, 11) is 1.51. The Hall–Kier alpha value is -1.59. The van der Waals surface area contributed by atoms with Gasteiger partial charge in [0, 0.05) is 14.0 Å². The van der Waals surface area contributed by atoms with Crippen LogP contribution in [0.1, 0.15) is 39.0 Å². The number of hydrogen-bond acceptors (Lipinski definition) is 3. The molecule has 0 aliphatic heterocycles. The molecule has 2 N–H and O–H groups in total. The first-order valence-corrected chi connectivity index (χ1v) is 6.65. The summed E-state index contributed by atoms with van der Waals surface area (Å²) in [6, 6.07) is -0.840. The van der Waals surface area contributed by atoms with E-state index in [9.17, 15) is 19.5 Å². The van der Waals surface area contributed by atoms with Gasteiger partial charge in [-0.15, -0.1) is 0 Å². The maximum absolute atomic E-state index is 11.7. The van der Waals surface area contributed by atoms with Gasteiger partial charge < -0.3 is 15.3 Å². The second kappa shape index (κ2) is 7.11. The lowest BCUT2D eigenvalue weighted by Gasteiger charge is -2.28. The lowest BCUT2D eigenvalue weighted by molar-refractivity contribution is -0.144. The highest BCUT2D eigenvalue weighted by molar-refractivity contribution is 5.87. The van der Waals surface area contributed by atoms with E-state index in [1.807, 2.05) is 0 Å². The highest BCUT2D eigenvalue weighted by Crippen LogP contribution is 2.26. The van der Waals surface area contributed by atoms with E-state index in [2.05, 4.69) is 5.32 Å². The molecule has 0 radical (unpaired) electrons. The molecule has 108 valence electrons. The van der Waals surface area contributed by atoms with Crippen molar-refractivity contribution >= 4 is 17.8 Å². The molecule has 0 aromatic rings. The Balaban J connectivity index is 2.55. The molecule has 0 aromatic carbocycles. The number of nitrogens with zero attached hydrogens (tertiary/aromatic N) is 1. The molecule has 1 atom stereocenters. The molecule has 0 saturated heterocycles. The van der Waals surface area contributed by atoms with Crippen LogP contribution in [0.3, 0.4) is 0 Å². The van der Waals surface area contributed by atoms with E-state index in [-0.39, 0.29) is 18.4 Å². The zero-order valence-corrected chi connectivity index (χ0v) is 11.5. The molecule has 6 heteroatoms. The summed E-state index contributed by atoms with van der Waals surface area (Å²) in [4.78, 5) is 35.3. The summed E-state index contributed by atoms with van der Waals surface area (Å²) in [5.74, 6) is -1.64. The summed E-state index contributed by atoms with van der Waals surface area (Å²) < 4.78 is 0. The van der Waals surface area contributed by atoms with E-state index in [0.29, 0.717) is 0 Å². The fourth-order valence-corrected chi connectivity index (χ4v) is 2.39. The molecular formula is C13H22N2O4. The monoisotopic (exact) mass is 270 g/mol. The maximum Gasteiger partial charge on any atom is 0.326 e. The third kappa shape index (κ3) is 4.89. The van der Waals surface area contributed by atoms with Crippen molar-refractivity contribution in [3.8, 4) is 0 Å². The van der Waals surface area contributed by atoms with Gasteiger partial charge in [0.25, 0.3) is 0 Å². The lowest BCUT2D eigenvalue weighted by atomic mass is 9.84. The van der Waals surface area contributed by atoms with E-state index < -0.39 is 17.9 Å². The topological polar surface area (TPSA) is 86.7 Å². The van der Waals surface area contributed by atoms with Gasteiger partial charge in [0.1, 0.15) is 6.04 Å². The van der Waals surface area contributed by atoms with Crippen molar-refractivity contribution < 1.29 is 19.5 Å². The molecule has 1 unspecified atom stereocenters. The van der Waals surface area contributed by atoms with E-state index in [4.69, 9.17) is 0 Å². The Kier molecular flexibility index (Phi) is 5.79. The third-order valence-electron chi connectivity index (χ3n) is 3.62. The Morgan fingerprint density at radius 2 is 1.84 bits per heavy atom. The number of carbonyl (C=O) groups excluding carboxylic acids is 2. The number of nitrogens with one attached hydrogen (secondary N) is 1. The quantitative estimate of drug-likeness (QED) is 0.766. The largest absolute Gasteiger partial charge is 0.480 e. The SMILES string of the molecule is CC(=O)N(C)CC(=O)NC(C(=O)O)C1CCCCC1. The van der Waals surface area contributed by atoms with Crippen LogP contribution in [-0.2, 0) is 14.4 Å². The summed E-state index contributed by atoms with van der Waals surface area (Å²) in [5.41, 5.74) is 0. The third-order valence-corrected chi connectivity index (χ3v) is 3.62. The summed E-state index contributed by atoms with van der Waals surface area (Å²) in [6.45, 7) is 1.26. The number of likely N-dealkylation sites (N-methyl/N-ethyl adjacent to an activating group) is 1. The van der Waals surface area contributed by atoms with E-state index in [1.54, 1.807) is 0 Å². The second-order valence-corrected chi connectivity index (χ2v) is 5.16. The van der Waals surface area contributed by atoms with Gasteiger partial charge in [0.05, 0.1) is 6.54 Å². The first-order valence-electron chi connectivity index (χ1n) is 6.65. The number of carboxylic acids is 1. The van der Waals surface area contributed by atoms with Crippen molar-refractivity contribution in [3.05, 3.63) is 0 Å². The number of amides is 2. The van der Waals surface area contributed by atoms with E-state index >= 15 is 0 Å². The first kappa shape index (κ1) is 15.5. The molecule has 0 heterocycles. The summed E-state index contributed by atoms with van der Waals surface area (Å²) in [6.07, 6.45) is 4.82. The van der Waals surface area contributed by atoms with Gasteiger partial charge in [0.2, 0.25) is 11.8 Å². The Labute approximate surface area is 113 Å². The highest BCUT2D eigenvalue weighted by Gasteiger charge is 2.30. The normalized spacial score (nSPS) is 17.6. The standard InChI is InChI=1S/C13H22N2O4/c1-9(16)15(2)8-11(17)14-12(13(18)19)10-6-4-3-5-7-10/h10,12H,3-8H2,1-2H3,(H,14,17)(H,18,19). The molecule has 0 spiro atoms. The van der Waals surface area contributed by atoms with Crippen LogP contribution in [0.15, 0.2) is 0 Å². The van der Waals surface area contributed by atoms with Gasteiger partial charge in [-0.25, -0.2) is 4.79 Å². The minimum atomic E-state index is -0.995. The Bertz CT molecular complexity index is 351. The maximum atomic E-state index is 11.7. The molecule has 1 fully saturated rings. The van der Waals surface area contributed by atoms with Crippen LogP contribution in [0.4, 0.5) is 0 Å². The fourth-order valence-electron chi connectivity index (χ4n) is 2.39. The number of carbonyl (C=O) groups is 3. The predicted molar refractivity (Wildman–Crippen MR) is 69.5 cm³/mol. The average Bonchev–Trinajstić information content (AvgIpc) is 2.36. The van der Waals surface area contributed by atoms with Gasteiger partial charge in [-0.1, -0.05) is 19.3 Å². The van der Waals surface area contributed by atoms with Crippen molar-refractivity contribution in [2.45, 2.75) is 45.1 Å². The van der Waals surface area contributed by atoms with Crippen molar-refractivity contribution in [3.63, 3.8) is 0 Å². The number of rotatable bonds is 5. The van der Waals surface area contributed by atoms with Crippen LogP contribution < -0.4 is 5.32 Å². The average molecular weight is 270 g/mol. The van der Waals surface area contributed by atoms with Crippen LogP contribution >= 0.6 is 0 Å². The van der Waals surface area contributed by atoms with Crippen molar-refractivity contribution in [1.29, 1.82) is 0 Å². The van der Waals surface area contributed by atoms with E-state index in [1.165, 1.54) is 18.9 Å². The Morgan fingerprint density at radius 1 is 1.26 bits per heavy atom. The van der Waals surface area contributed by atoms with Crippen LogP contribution in [0.2, 0.25) is 0 Å². The smallest absolute Gasteiger partial charge is 0.326 e. The number of aliphatic carboxylic acids is 1. The predicted octanol–water partition coefficient (Wildman–Crippen LogP) is 0.614. The molecule has 19 heavy (non-hydrogen) atoms. The highest BCUT2D eigenvalue weighted by atomic mass is 16.4. The molecule has 6 nitrogen and oxygen atoms in total. The van der Waals surface area contributed by atoms with Crippen molar-refractivity contribution in [2.24, 2.45) is 5.92 Å². The summed E-state index contributed by atoms with van der Waals surface area (Å²) >= 11 is 0. The van der Waals surface area contributed by atoms with Gasteiger partial charge in [0.15, 0.2) is 0 Å². The van der Waals surface area contributed by atoms with Crippen LogP contribution in [-0.4, -0.2) is 47.4 Å². The molecule has 2 amide bonds. The second-order valence-electron chi connectivity index (χ2n) is 5.16. The van der Waals surface area contributed by atoms with Crippen LogP contribution in [0, 0.1) is 5.92 Å². The molecule has 1 rings (SSSR count). The van der Waals surface area contributed by atoms with Crippen LogP contribution in [0.25, 0.3) is 0 Å². The van der Waals surface area contributed by atoms with E-state index in [0.717, 1.165) is 32.1 Å². The Morgan fingerprint density at radius 3 is 2.32 bits per heavy atom. The zero-order chi connectivity index (χ0) is 14.4. The molecule has 1 saturated carbocycles. The fraction of sp³-hybridized carbons (Fsp3) is 0.769. The zero-order valence-electron chi connectivity index (χ0n) is 11.5. The molecule has 1 aliphatic rings. The minimum absolute atomic E-state index is 0.00201.